The van der Waals surface area contributed by atoms with Crippen molar-refractivity contribution in [3.63, 3.8) is 0 Å². The van der Waals surface area contributed by atoms with Crippen LogP contribution in [0.4, 0.5) is 0 Å². The molecule has 10 nitrogen and oxygen atoms in total. The molecule has 4 N–H and O–H groups in total. The number of hydrogen-bond donors (Lipinski definition) is 3. The molecular weight excluding hydrogens is 494 g/mol. The van der Waals surface area contributed by atoms with E-state index in [1.807, 2.05) is 30.6 Å². The highest BCUT2D eigenvalue weighted by atomic mass is 16.4. The second-order valence-corrected chi connectivity index (χ2v) is 9.50. The Morgan fingerprint density at radius 1 is 1.08 bits per heavy atom. The monoisotopic (exact) mass is 527 g/mol. The normalized spacial score (nSPS) is 14.3. The van der Waals surface area contributed by atoms with Gasteiger partial charge in [0.2, 0.25) is 5.91 Å². The third kappa shape index (κ3) is 7.11. The number of primary amides is 1. The number of aryl methyl sites for hydroxylation is 3. The minimum atomic E-state index is -0.972. The quantitative estimate of drug-likeness (QED) is 0.313. The number of aromatic carboxylic acids is 1. The van der Waals surface area contributed by atoms with Crippen molar-refractivity contribution in [3.8, 4) is 0 Å². The summed E-state index contributed by atoms with van der Waals surface area (Å²) < 4.78 is 0. The van der Waals surface area contributed by atoms with Gasteiger partial charge in [-0.15, -0.1) is 0 Å². The Morgan fingerprint density at radius 2 is 1.87 bits per heavy atom. The standard InChI is InChI=1S/C22H25N5O.C7H8N2O2/c23-22(28)18-6-1-4-16(14-18)15-27(13-9-20-24-11-12-25-20)19-8-2-5-17-7-3-10-26-21(17)19;1-4-6(7(10)11)5(2)9-3-8-4/h1,3-4,6-7,10-12,14,19H,2,5,8-9,13,15H2,(H2,23,28)(H,24,25);3H,1-2H3,(H,10,11). The van der Waals surface area contributed by atoms with Gasteiger partial charge >= 0.3 is 5.97 Å². The van der Waals surface area contributed by atoms with Crippen LogP contribution in [0.5, 0.6) is 0 Å². The van der Waals surface area contributed by atoms with Crippen molar-refractivity contribution in [2.75, 3.05) is 6.54 Å². The predicted octanol–water partition coefficient (Wildman–Crippen LogP) is 3.82. The Hall–Kier alpha value is -4.44. The molecule has 5 rings (SSSR count). The van der Waals surface area contributed by atoms with E-state index in [2.05, 4.69) is 37.0 Å². The van der Waals surface area contributed by atoms with Crippen LogP contribution in [0, 0.1) is 13.8 Å². The van der Waals surface area contributed by atoms with Crippen LogP contribution in [-0.2, 0) is 19.4 Å². The van der Waals surface area contributed by atoms with Crippen molar-refractivity contribution in [3.05, 3.63) is 106 Å². The summed E-state index contributed by atoms with van der Waals surface area (Å²) >= 11 is 0. The molecule has 0 saturated heterocycles. The lowest BCUT2D eigenvalue weighted by Crippen LogP contribution is -2.33. The van der Waals surface area contributed by atoms with Gasteiger partial charge in [0.1, 0.15) is 17.7 Å². The number of carbonyl (C=O) groups is 2. The number of nitrogens with two attached hydrogens (primary N) is 1. The van der Waals surface area contributed by atoms with Crippen LogP contribution in [0.15, 0.2) is 61.3 Å². The molecule has 3 aromatic heterocycles. The van der Waals surface area contributed by atoms with E-state index in [-0.39, 0.29) is 11.6 Å². The largest absolute Gasteiger partial charge is 0.478 e. The molecule has 3 heterocycles. The number of amides is 1. The average Bonchev–Trinajstić information content (AvgIpc) is 3.45. The summed E-state index contributed by atoms with van der Waals surface area (Å²) in [6.07, 6.45) is 11.0. The molecule has 10 heteroatoms. The van der Waals surface area contributed by atoms with E-state index < -0.39 is 11.9 Å². The van der Waals surface area contributed by atoms with Gasteiger partial charge in [-0.25, -0.2) is 19.7 Å². The number of carbonyl (C=O) groups excluding carboxylic acids is 1. The number of pyridine rings is 1. The topological polar surface area (TPSA) is 151 Å². The second-order valence-electron chi connectivity index (χ2n) is 9.50. The fourth-order valence-electron chi connectivity index (χ4n) is 4.93. The van der Waals surface area contributed by atoms with Gasteiger partial charge in [-0.2, -0.15) is 0 Å². The summed E-state index contributed by atoms with van der Waals surface area (Å²) in [6.45, 7) is 4.90. The number of carboxylic acids is 1. The van der Waals surface area contributed by atoms with Crippen LogP contribution in [0.3, 0.4) is 0 Å². The molecule has 39 heavy (non-hydrogen) atoms. The van der Waals surface area contributed by atoms with E-state index >= 15 is 0 Å². The number of H-pyrrole nitrogens is 1. The van der Waals surface area contributed by atoms with Crippen LogP contribution in [0.25, 0.3) is 0 Å². The van der Waals surface area contributed by atoms with Crippen molar-refractivity contribution in [2.45, 2.75) is 52.1 Å². The van der Waals surface area contributed by atoms with E-state index in [1.165, 1.54) is 17.6 Å². The number of aromatic amines is 1. The lowest BCUT2D eigenvalue weighted by Gasteiger charge is -2.35. The van der Waals surface area contributed by atoms with E-state index in [1.54, 1.807) is 26.1 Å². The summed E-state index contributed by atoms with van der Waals surface area (Å²) in [7, 11) is 0. The fraction of sp³-hybridized carbons (Fsp3) is 0.310. The minimum absolute atomic E-state index is 0.201. The molecule has 1 amide bonds. The zero-order valence-electron chi connectivity index (χ0n) is 22.2. The number of benzene rings is 1. The van der Waals surface area contributed by atoms with Gasteiger partial charge in [-0.1, -0.05) is 18.2 Å². The summed E-state index contributed by atoms with van der Waals surface area (Å²) in [6, 6.07) is 12.1. The van der Waals surface area contributed by atoms with Gasteiger partial charge < -0.3 is 15.8 Å². The second kappa shape index (κ2) is 12.9. The number of aromatic nitrogens is 5. The zero-order chi connectivity index (χ0) is 27.8. The summed E-state index contributed by atoms with van der Waals surface area (Å²) in [5.74, 6) is -0.387. The Morgan fingerprint density at radius 3 is 2.54 bits per heavy atom. The van der Waals surface area contributed by atoms with Crippen molar-refractivity contribution in [1.29, 1.82) is 0 Å². The molecule has 1 unspecified atom stereocenters. The van der Waals surface area contributed by atoms with Crippen molar-refractivity contribution in [2.24, 2.45) is 5.73 Å². The first-order valence-electron chi connectivity index (χ1n) is 12.9. The van der Waals surface area contributed by atoms with Crippen molar-refractivity contribution < 1.29 is 14.7 Å². The van der Waals surface area contributed by atoms with Crippen LogP contribution in [-0.4, -0.2) is 53.3 Å². The minimum Gasteiger partial charge on any atom is -0.478 e. The van der Waals surface area contributed by atoms with E-state index in [9.17, 15) is 9.59 Å². The van der Waals surface area contributed by atoms with Gasteiger partial charge in [0, 0.05) is 43.7 Å². The fourth-order valence-corrected chi connectivity index (χ4v) is 4.93. The number of imidazole rings is 1. The first-order valence-corrected chi connectivity index (χ1v) is 12.9. The van der Waals surface area contributed by atoms with Crippen molar-refractivity contribution in [1.82, 2.24) is 29.8 Å². The average molecular weight is 528 g/mol. The van der Waals surface area contributed by atoms with Crippen LogP contribution < -0.4 is 5.73 Å². The highest BCUT2D eigenvalue weighted by molar-refractivity contribution is 5.92. The molecule has 0 fully saturated rings. The Kier molecular flexibility index (Phi) is 9.11. The van der Waals surface area contributed by atoms with Gasteiger partial charge in [-0.3, -0.25) is 14.7 Å². The number of hydrogen-bond acceptors (Lipinski definition) is 7. The van der Waals surface area contributed by atoms with Gasteiger partial charge in [0.15, 0.2) is 0 Å². The lowest BCUT2D eigenvalue weighted by molar-refractivity contribution is 0.0694. The van der Waals surface area contributed by atoms with Gasteiger partial charge in [0.25, 0.3) is 0 Å². The number of nitrogens with zero attached hydrogens (tertiary/aromatic N) is 5. The van der Waals surface area contributed by atoms with Crippen LogP contribution >= 0.6 is 0 Å². The zero-order valence-corrected chi connectivity index (χ0v) is 22.2. The molecule has 1 aliphatic carbocycles. The number of nitrogens with one attached hydrogen (secondary N) is 1. The summed E-state index contributed by atoms with van der Waals surface area (Å²) in [5.41, 5.74) is 10.8. The Bertz CT molecular complexity index is 1400. The highest BCUT2D eigenvalue weighted by Crippen LogP contribution is 2.33. The molecule has 0 aliphatic heterocycles. The van der Waals surface area contributed by atoms with E-state index in [0.29, 0.717) is 17.0 Å². The smallest absolute Gasteiger partial charge is 0.339 e. The van der Waals surface area contributed by atoms with Crippen LogP contribution in [0.1, 0.15) is 73.6 Å². The molecule has 1 aromatic carbocycles. The number of fused-ring (bicyclic) bond motifs is 1. The third-order valence-corrected chi connectivity index (χ3v) is 6.83. The van der Waals surface area contributed by atoms with Gasteiger partial charge in [-0.05, 0) is 62.4 Å². The summed E-state index contributed by atoms with van der Waals surface area (Å²) in [5, 5.41) is 8.67. The molecule has 0 radical (unpaired) electrons. The number of carboxylic acid groups (broad SMARTS) is 1. The SMILES string of the molecule is Cc1ncnc(C)c1C(=O)O.NC(=O)c1cccc(CN(CCc2ncc[nH]2)C2CCCc3cccnc32)c1. The maximum absolute atomic E-state index is 11.6. The molecule has 0 bridgehead atoms. The molecule has 202 valence electrons. The highest BCUT2D eigenvalue weighted by Gasteiger charge is 2.27. The van der Waals surface area contributed by atoms with E-state index in [4.69, 9.17) is 15.8 Å². The first kappa shape index (κ1) is 27.6. The van der Waals surface area contributed by atoms with Crippen LogP contribution in [0.2, 0.25) is 0 Å². The lowest BCUT2D eigenvalue weighted by atomic mass is 9.90. The molecule has 4 aromatic rings. The molecule has 1 aliphatic rings. The summed E-state index contributed by atoms with van der Waals surface area (Å²) in [4.78, 5) is 44.4. The molecule has 1 atom stereocenters. The maximum Gasteiger partial charge on any atom is 0.339 e. The van der Waals surface area contributed by atoms with E-state index in [0.717, 1.165) is 50.2 Å². The van der Waals surface area contributed by atoms with Gasteiger partial charge in [0.05, 0.1) is 23.1 Å². The molecular formula is C29H33N7O3. The number of rotatable bonds is 8. The Labute approximate surface area is 227 Å². The Balaban J connectivity index is 0.000000270. The third-order valence-electron chi connectivity index (χ3n) is 6.83. The predicted molar refractivity (Wildman–Crippen MR) is 146 cm³/mol. The van der Waals surface area contributed by atoms with Crippen molar-refractivity contribution >= 4 is 11.9 Å². The maximum atomic E-state index is 11.6. The first-order chi connectivity index (χ1) is 18.8. The molecule has 0 saturated carbocycles. The molecule has 0 spiro atoms.